The highest BCUT2D eigenvalue weighted by Gasteiger charge is 2.24. The first-order valence-corrected chi connectivity index (χ1v) is 7.06. The van der Waals surface area contributed by atoms with Crippen LogP contribution in [-0.2, 0) is 9.53 Å². The van der Waals surface area contributed by atoms with Crippen LogP contribution in [0.5, 0.6) is 5.75 Å². The summed E-state index contributed by atoms with van der Waals surface area (Å²) < 4.78 is 6.52. The van der Waals surface area contributed by atoms with Crippen LogP contribution in [0.25, 0.3) is 10.9 Å². The molecule has 0 saturated carbocycles. The van der Waals surface area contributed by atoms with E-state index < -0.39 is 0 Å². The van der Waals surface area contributed by atoms with Gasteiger partial charge in [0.25, 0.3) is 0 Å². The smallest absolute Gasteiger partial charge is 0.209 e. The first kappa shape index (κ1) is 13.3. The molecule has 0 spiro atoms. The molecule has 1 aliphatic heterocycles. The van der Waals surface area contributed by atoms with Crippen LogP contribution in [0, 0.1) is 0 Å². The summed E-state index contributed by atoms with van der Waals surface area (Å²) in [4.78, 5) is 16.8. The van der Waals surface area contributed by atoms with E-state index in [2.05, 4.69) is 20.9 Å². The fourth-order valence-electron chi connectivity index (χ4n) is 2.35. The molecule has 1 amide bonds. The second-order valence-corrected chi connectivity index (χ2v) is 5.60. The van der Waals surface area contributed by atoms with Gasteiger partial charge in [0.2, 0.25) is 6.41 Å². The molecule has 1 unspecified atom stereocenters. The monoisotopic (exact) mass is 336 g/mol. The van der Waals surface area contributed by atoms with Crippen molar-refractivity contribution in [2.24, 2.45) is 0 Å². The van der Waals surface area contributed by atoms with E-state index in [1.165, 1.54) is 0 Å². The van der Waals surface area contributed by atoms with Crippen LogP contribution < -0.4 is 0 Å². The summed E-state index contributed by atoms with van der Waals surface area (Å²) in [6.07, 6.45) is 2.08. The molecule has 2 aromatic rings. The molecule has 2 heterocycles. The van der Waals surface area contributed by atoms with E-state index in [-0.39, 0.29) is 11.9 Å². The molecule has 104 valence electrons. The van der Waals surface area contributed by atoms with Crippen molar-refractivity contribution in [3.63, 3.8) is 0 Å². The first-order valence-electron chi connectivity index (χ1n) is 6.27. The molecular weight excluding hydrogens is 324 g/mol. The van der Waals surface area contributed by atoms with Crippen molar-refractivity contribution in [1.29, 1.82) is 0 Å². The zero-order chi connectivity index (χ0) is 14.1. The summed E-state index contributed by atoms with van der Waals surface area (Å²) in [6, 6.07) is 5.53. The third-order valence-electron chi connectivity index (χ3n) is 3.42. The molecule has 20 heavy (non-hydrogen) atoms. The van der Waals surface area contributed by atoms with Crippen LogP contribution in [0.15, 0.2) is 28.9 Å². The van der Waals surface area contributed by atoms with Gasteiger partial charge < -0.3 is 14.7 Å². The number of fused-ring (bicyclic) bond motifs is 1. The summed E-state index contributed by atoms with van der Waals surface area (Å²) in [6.45, 7) is 1.46. The quantitative estimate of drug-likeness (QED) is 0.854. The maximum atomic E-state index is 10.9. The molecular formula is C14H13BrN2O3. The molecule has 3 rings (SSSR count). The van der Waals surface area contributed by atoms with Crippen LogP contribution in [0.1, 0.15) is 11.7 Å². The minimum atomic E-state index is -0.343. The van der Waals surface area contributed by atoms with Crippen LogP contribution in [0.3, 0.4) is 0 Å². The van der Waals surface area contributed by atoms with Crippen LogP contribution >= 0.6 is 15.9 Å². The average Bonchev–Trinajstić information content (AvgIpc) is 2.48. The fraction of sp³-hybridized carbons (Fsp3) is 0.286. The summed E-state index contributed by atoms with van der Waals surface area (Å²) >= 11 is 3.38. The number of carbonyl (C=O) groups is 1. The number of nitrogens with zero attached hydrogens (tertiary/aromatic N) is 2. The molecule has 1 fully saturated rings. The van der Waals surface area contributed by atoms with Crippen molar-refractivity contribution >= 4 is 33.2 Å². The van der Waals surface area contributed by atoms with Gasteiger partial charge in [-0.15, -0.1) is 0 Å². The minimum Gasteiger partial charge on any atom is -0.507 e. The van der Waals surface area contributed by atoms with Gasteiger partial charge in [-0.3, -0.25) is 9.78 Å². The van der Waals surface area contributed by atoms with Crippen molar-refractivity contribution < 1.29 is 14.6 Å². The van der Waals surface area contributed by atoms with Gasteiger partial charge in [0.1, 0.15) is 11.9 Å². The number of hydrogen-bond acceptors (Lipinski definition) is 4. The van der Waals surface area contributed by atoms with Gasteiger partial charge in [-0.2, -0.15) is 0 Å². The van der Waals surface area contributed by atoms with Gasteiger partial charge in [-0.1, -0.05) is 15.9 Å². The van der Waals surface area contributed by atoms with Gasteiger partial charge in [-0.25, -0.2) is 0 Å². The molecule has 1 atom stereocenters. The number of carbonyl (C=O) groups excluding carboxylic acids is 1. The number of pyridine rings is 1. The van der Waals surface area contributed by atoms with Crippen LogP contribution in [-0.4, -0.2) is 41.1 Å². The van der Waals surface area contributed by atoms with E-state index in [0.29, 0.717) is 30.6 Å². The third-order valence-corrected chi connectivity index (χ3v) is 3.92. The molecule has 0 radical (unpaired) electrons. The first-order chi connectivity index (χ1) is 9.69. The number of hydrogen-bond donors (Lipinski definition) is 1. The van der Waals surface area contributed by atoms with Gasteiger partial charge in [0.05, 0.1) is 18.7 Å². The Morgan fingerprint density at radius 1 is 1.50 bits per heavy atom. The van der Waals surface area contributed by atoms with Gasteiger partial charge in [0.15, 0.2) is 0 Å². The molecule has 6 heteroatoms. The SMILES string of the molecule is O=CN1CCOC(c2cnc3ccc(Br)cc3c2O)C1. The Hall–Kier alpha value is -1.66. The van der Waals surface area contributed by atoms with Crippen molar-refractivity contribution in [3.05, 3.63) is 34.4 Å². The van der Waals surface area contributed by atoms with E-state index in [1.54, 1.807) is 11.1 Å². The molecule has 1 aromatic carbocycles. The Morgan fingerprint density at radius 2 is 2.35 bits per heavy atom. The minimum absolute atomic E-state index is 0.161. The Balaban J connectivity index is 2.03. The molecule has 1 N–H and O–H groups in total. The van der Waals surface area contributed by atoms with Gasteiger partial charge in [-0.05, 0) is 18.2 Å². The Kier molecular flexibility index (Phi) is 3.58. The summed E-state index contributed by atoms with van der Waals surface area (Å²) in [5.41, 5.74) is 1.33. The normalized spacial score (nSPS) is 19.2. The largest absolute Gasteiger partial charge is 0.507 e. The Morgan fingerprint density at radius 3 is 3.15 bits per heavy atom. The molecule has 0 bridgehead atoms. The van der Waals surface area contributed by atoms with Crippen LogP contribution in [0.4, 0.5) is 0 Å². The zero-order valence-corrected chi connectivity index (χ0v) is 12.2. The predicted octanol–water partition coefficient (Wildman–Crippen LogP) is 2.23. The number of amides is 1. The second kappa shape index (κ2) is 5.38. The number of halogens is 1. The molecule has 1 saturated heterocycles. The average molecular weight is 337 g/mol. The molecule has 0 aliphatic carbocycles. The summed E-state index contributed by atoms with van der Waals surface area (Å²) in [7, 11) is 0. The standard InChI is InChI=1S/C14H13BrN2O3/c15-9-1-2-12-10(5-9)14(19)11(6-16-12)13-7-17(8-18)3-4-20-13/h1-2,5-6,8,13H,3-4,7H2,(H,16,19). The van der Waals surface area contributed by atoms with Crippen molar-refractivity contribution in [2.45, 2.75) is 6.10 Å². The zero-order valence-electron chi connectivity index (χ0n) is 10.6. The van der Waals surface area contributed by atoms with E-state index in [0.717, 1.165) is 16.4 Å². The predicted molar refractivity (Wildman–Crippen MR) is 77.4 cm³/mol. The Bertz CT molecular complexity index is 662. The molecule has 5 nitrogen and oxygen atoms in total. The molecule has 1 aliphatic rings. The number of ether oxygens (including phenoxy) is 1. The lowest BCUT2D eigenvalue weighted by atomic mass is 10.1. The van der Waals surface area contributed by atoms with Gasteiger partial charge in [0, 0.05) is 28.2 Å². The van der Waals surface area contributed by atoms with Crippen LogP contribution in [0.2, 0.25) is 0 Å². The highest BCUT2D eigenvalue weighted by atomic mass is 79.9. The van der Waals surface area contributed by atoms with E-state index >= 15 is 0 Å². The lowest BCUT2D eigenvalue weighted by Crippen LogP contribution is -2.37. The highest BCUT2D eigenvalue weighted by Crippen LogP contribution is 2.35. The van der Waals surface area contributed by atoms with Crippen molar-refractivity contribution in [1.82, 2.24) is 9.88 Å². The summed E-state index contributed by atoms with van der Waals surface area (Å²) in [5, 5.41) is 11.1. The van der Waals surface area contributed by atoms with Crippen molar-refractivity contribution in [3.8, 4) is 5.75 Å². The highest BCUT2D eigenvalue weighted by molar-refractivity contribution is 9.10. The number of aromatic hydroxyl groups is 1. The van der Waals surface area contributed by atoms with E-state index in [4.69, 9.17) is 4.74 Å². The summed E-state index contributed by atoms with van der Waals surface area (Å²) in [5.74, 6) is 0.161. The molecule has 1 aromatic heterocycles. The maximum Gasteiger partial charge on any atom is 0.209 e. The maximum absolute atomic E-state index is 10.9. The Labute approximate surface area is 124 Å². The lowest BCUT2D eigenvalue weighted by Gasteiger charge is -2.30. The van der Waals surface area contributed by atoms with Gasteiger partial charge >= 0.3 is 0 Å². The number of rotatable bonds is 2. The number of morpholine rings is 1. The number of benzene rings is 1. The second-order valence-electron chi connectivity index (χ2n) is 4.68. The van der Waals surface area contributed by atoms with Crippen molar-refractivity contribution in [2.75, 3.05) is 19.7 Å². The van der Waals surface area contributed by atoms with E-state index in [9.17, 15) is 9.90 Å². The third kappa shape index (κ3) is 2.36. The lowest BCUT2D eigenvalue weighted by molar-refractivity contribution is -0.125. The number of aromatic nitrogens is 1. The fourth-order valence-corrected chi connectivity index (χ4v) is 2.72. The van der Waals surface area contributed by atoms with E-state index in [1.807, 2.05) is 18.2 Å². The topological polar surface area (TPSA) is 62.7 Å².